The third kappa shape index (κ3) is 5.66. The molecule has 23 heavy (non-hydrogen) atoms. The molecule has 0 aliphatic carbocycles. The number of amides is 1. The maximum Gasteiger partial charge on any atom is 0.408 e. The standard InChI is InChI=1S/C13H20N5O5/c1-7(16-12(22)23-13(2,3)4)9(19)8(14)5-18-6-15-17-10(20)11(18)21/h7-8H,5,14H2,1-4H3,(H,16,22)(H,17,20)/t7-,8?/m1/s1. The normalized spacial score (nSPS) is 14.0. The van der Waals surface area contributed by atoms with Gasteiger partial charge in [0.25, 0.3) is 0 Å². The predicted molar refractivity (Wildman–Crippen MR) is 79.8 cm³/mol. The molecule has 0 fully saturated rings. The summed E-state index contributed by atoms with van der Waals surface area (Å²) < 4.78 is 5.84. The van der Waals surface area contributed by atoms with Crippen LogP contribution in [0.1, 0.15) is 27.7 Å². The lowest BCUT2D eigenvalue weighted by Crippen LogP contribution is -2.50. The molecule has 0 aliphatic rings. The fraction of sp³-hybridized carbons (Fsp3) is 0.615. The first-order valence-corrected chi connectivity index (χ1v) is 6.87. The van der Waals surface area contributed by atoms with Crippen LogP contribution < -0.4 is 22.2 Å². The average molecular weight is 326 g/mol. The molecule has 0 aromatic carbocycles. The number of ether oxygens (including phenoxy) is 1. The topological polar surface area (TPSA) is 149 Å². The van der Waals surface area contributed by atoms with Crippen LogP contribution in [0.2, 0.25) is 0 Å². The molecule has 1 amide bonds. The molecule has 10 nitrogen and oxygen atoms in total. The Kier molecular flexibility index (Phi) is 5.79. The Balaban J connectivity index is 2.69. The summed E-state index contributed by atoms with van der Waals surface area (Å²) in [6.07, 6.45) is 1.47. The quantitative estimate of drug-likeness (QED) is 0.560. The highest BCUT2D eigenvalue weighted by Gasteiger charge is 2.25. The van der Waals surface area contributed by atoms with Crippen LogP contribution in [0, 0.1) is 6.33 Å². The van der Waals surface area contributed by atoms with Gasteiger partial charge in [0.1, 0.15) is 5.60 Å². The number of alkyl carbamates (subject to hydrolysis) is 1. The van der Waals surface area contributed by atoms with E-state index in [-0.39, 0.29) is 6.54 Å². The summed E-state index contributed by atoms with van der Waals surface area (Å²) in [5.74, 6) is -0.531. The second-order valence-electron chi connectivity index (χ2n) is 5.95. The van der Waals surface area contributed by atoms with E-state index in [9.17, 15) is 19.2 Å². The van der Waals surface area contributed by atoms with Gasteiger partial charge in [-0.05, 0) is 27.7 Å². The summed E-state index contributed by atoms with van der Waals surface area (Å²) >= 11 is 0. The molecule has 127 valence electrons. The predicted octanol–water partition coefficient (Wildman–Crippen LogP) is -1.46. The summed E-state index contributed by atoms with van der Waals surface area (Å²) in [6, 6.07) is -2.05. The van der Waals surface area contributed by atoms with Crippen LogP contribution in [0.4, 0.5) is 4.79 Å². The van der Waals surface area contributed by atoms with Crippen molar-refractivity contribution in [2.45, 2.75) is 51.9 Å². The smallest absolute Gasteiger partial charge is 0.408 e. The molecule has 0 saturated heterocycles. The van der Waals surface area contributed by atoms with Crippen molar-refractivity contribution >= 4 is 11.9 Å². The Morgan fingerprint density at radius 3 is 2.61 bits per heavy atom. The van der Waals surface area contributed by atoms with Gasteiger partial charge in [0.15, 0.2) is 5.78 Å². The molecule has 4 N–H and O–H groups in total. The van der Waals surface area contributed by atoms with Crippen LogP contribution in [0.3, 0.4) is 0 Å². The van der Waals surface area contributed by atoms with Gasteiger partial charge in [-0.2, -0.15) is 5.10 Å². The third-order valence-corrected chi connectivity index (χ3v) is 2.67. The van der Waals surface area contributed by atoms with Gasteiger partial charge in [0.2, 0.25) is 6.33 Å². The van der Waals surface area contributed by atoms with E-state index in [2.05, 4.69) is 16.7 Å². The number of rotatable bonds is 5. The van der Waals surface area contributed by atoms with E-state index in [0.29, 0.717) is 0 Å². The number of H-pyrrole nitrogens is 1. The summed E-state index contributed by atoms with van der Waals surface area (Å²) in [4.78, 5) is 46.4. The number of nitrogens with zero attached hydrogens (tertiary/aromatic N) is 2. The van der Waals surface area contributed by atoms with Crippen molar-refractivity contribution in [3.8, 4) is 0 Å². The van der Waals surface area contributed by atoms with Crippen molar-refractivity contribution in [2.24, 2.45) is 5.73 Å². The fourth-order valence-electron chi connectivity index (χ4n) is 1.64. The number of carbonyl (C=O) groups excluding carboxylic acids is 2. The fourth-order valence-corrected chi connectivity index (χ4v) is 1.64. The Morgan fingerprint density at radius 1 is 1.43 bits per heavy atom. The number of ketones is 1. The number of aromatic amines is 1. The van der Waals surface area contributed by atoms with Crippen molar-refractivity contribution < 1.29 is 14.3 Å². The van der Waals surface area contributed by atoms with E-state index in [1.165, 1.54) is 6.92 Å². The molecular formula is C13H20N5O5. The van der Waals surface area contributed by atoms with Crippen LogP contribution in [0.5, 0.6) is 0 Å². The molecule has 1 aromatic heterocycles. The van der Waals surface area contributed by atoms with Crippen molar-refractivity contribution in [3.63, 3.8) is 0 Å². The molecule has 0 spiro atoms. The van der Waals surface area contributed by atoms with E-state index >= 15 is 0 Å². The number of nitrogens with one attached hydrogen (secondary N) is 2. The van der Waals surface area contributed by atoms with E-state index in [1.807, 2.05) is 5.10 Å². The third-order valence-electron chi connectivity index (χ3n) is 2.67. The van der Waals surface area contributed by atoms with Gasteiger partial charge in [-0.1, -0.05) is 0 Å². The zero-order valence-electron chi connectivity index (χ0n) is 13.4. The molecule has 1 aromatic rings. The number of hydrogen-bond donors (Lipinski definition) is 3. The molecular weight excluding hydrogens is 306 g/mol. The molecule has 1 unspecified atom stereocenters. The number of hydrogen-bond acceptors (Lipinski definition) is 7. The number of aromatic nitrogens is 3. The molecule has 1 radical (unpaired) electrons. The largest absolute Gasteiger partial charge is 0.444 e. The molecule has 2 atom stereocenters. The highest BCUT2D eigenvalue weighted by molar-refractivity contribution is 5.91. The lowest BCUT2D eigenvalue weighted by Gasteiger charge is -2.22. The molecule has 0 aliphatic heterocycles. The van der Waals surface area contributed by atoms with E-state index in [0.717, 1.165) is 4.57 Å². The second-order valence-corrected chi connectivity index (χ2v) is 5.95. The van der Waals surface area contributed by atoms with E-state index < -0.39 is 40.7 Å². The monoisotopic (exact) mass is 326 g/mol. The molecule has 0 bridgehead atoms. The van der Waals surface area contributed by atoms with Crippen molar-refractivity contribution in [1.82, 2.24) is 20.1 Å². The van der Waals surface area contributed by atoms with Crippen LogP contribution >= 0.6 is 0 Å². The second kappa shape index (κ2) is 7.18. The van der Waals surface area contributed by atoms with E-state index in [4.69, 9.17) is 10.5 Å². The summed E-state index contributed by atoms with van der Waals surface area (Å²) in [6.45, 7) is 6.22. The van der Waals surface area contributed by atoms with Crippen LogP contribution in [-0.4, -0.2) is 44.3 Å². The first kappa shape index (κ1) is 18.6. The Morgan fingerprint density at radius 2 is 2.04 bits per heavy atom. The molecule has 10 heteroatoms. The number of carbonyl (C=O) groups is 2. The van der Waals surface area contributed by atoms with Crippen LogP contribution in [-0.2, 0) is 16.1 Å². The number of nitrogens with two attached hydrogens (primary N) is 1. The van der Waals surface area contributed by atoms with Crippen molar-refractivity contribution in [1.29, 1.82) is 0 Å². The number of Topliss-reactive ketones (excluding diaryl/α,β-unsaturated/α-hetero) is 1. The van der Waals surface area contributed by atoms with Gasteiger partial charge in [0.05, 0.1) is 18.6 Å². The zero-order chi connectivity index (χ0) is 17.8. The zero-order valence-corrected chi connectivity index (χ0v) is 13.4. The van der Waals surface area contributed by atoms with Gasteiger partial charge in [-0.15, -0.1) is 0 Å². The van der Waals surface area contributed by atoms with Crippen molar-refractivity contribution in [3.05, 3.63) is 27.0 Å². The average Bonchev–Trinajstić information content (AvgIpc) is 2.40. The van der Waals surface area contributed by atoms with E-state index in [1.54, 1.807) is 20.8 Å². The Hall–Kier alpha value is -2.49. The van der Waals surface area contributed by atoms with Gasteiger partial charge in [-0.3, -0.25) is 19.0 Å². The summed E-state index contributed by atoms with van der Waals surface area (Å²) in [5, 5.41) is 7.61. The minimum absolute atomic E-state index is 0.283. The molecule has 0 saturated carbocycles. The highest BCUT2D eigenvalue weighted by atomic mass is 16.6. The van der Waals surface area contributed by atoms with Gasteiger partial charge in [0, 0.05) is 0 Å². The lowest BCUT2D eigenvalue weighted by atomic mass is 10.1. The first-order valence-electron chi connectivity index (χ1n) is 6.87. The highest BCUT2D eigenvalue weighted by Crippen LogP contribution is 2.07. The van der Waals surface area contributed by atoms with Crippen LogP contribution in [0.25, 0.3) is 0 Å². The Bertz CT molecular complexity index is 687. The molecule has 1 heterocycles. The van der Waals surface area contributed by atoms with Crippen molar-refractivity contribution in [2.75, 3.05) is 0 Å². The Labute approximate surface area is 132 Å². The minimum atomic E-state index is -1.13. The SMILES string of the molecule is C[C@@H](NC(=O)OC(C)(C)C)C(=O)C(N)Cn1[c]n[nH]c(=O)c1=O. The molecule has 1 rings (SSSR count). The lowest BCUT2D eigenvalue weighted by molar-refractivity contribution is -0.122. The van der Waals surface area contributed by atoms with Crippen LogP contribution in [0.15, 0.2) is 9.59 Å². The minimum Gasteiger partial charge on any atom is -0.444 e. The van der Waals surface area contributed by atoms with Gasteiger partial charge in [-0.25, -0.2) is 9.89 Å². The maximum atomic E-state index is 12.1. The first-order chi connectivity index (χ1) is 10.5. The summed E-state index contributed by atoms with van der Waals surface area (Å²) in [5.41, 5.74) is 3.15. The van der Waals surface area contributed by atoms with Gasteiger partial charge < -0.3 is 15.8 Å². The van der Waals surface area contributed by atoms with Gasteiger partial charge >= 0.3 is 17.2 Å². The maximum absolute atomic E-state index is 12.1. The summed E-state index contributed by atoms with van der Waals surface area (Å²) in [7, 11) is 0.